The molecular weight excluding hydrogens is 484 g/mol. The molecule has 9 heteroatoms. The summed E-state index contributed by atoms with van der Waals surface area (Å²) in [5, 5.41) is 0.848. The number of ether oxygens (including phenoxy) is 8. The highest BCUT2D eigenvalue weighted by Crippen LogP contribution is 2.02. The van der Waals surface area contributed by atoms with Gasteiger partial charge in [-0.15, -0.1) is 0 Å². The van der Waals surface area contributed by atoms with Crippen molar-refractivity contribution in [2.75, 3.05) is 111 Å². The zero-order chi connectivity index (χ0) is 23.2. The summed E-state index contributed by atoms with van der Waals surface area (Å²) < 4.78 is 43.4. The van der Waals surface area contributed by atoms with Crippen LogP contribution in [0, 0.1) is 0 Å². The summed E-state index contributed by atoms with van der Waals surface area (Å²) in [5.41, 5.74) is 0. The Morgan fingerprint density at radius 2 is 0.625 bits per heavy atom. The fourth-order valence-electron chi connectivity index (χ4n) is 2.50. The maximum Gasteiger partial charge on any atom is 0.0701 e. The van der Waals surface area contributed by atoms with Crippen LogP contribution >= 0.6 is 15.9 Å². The van der Waals surface area contributed by atoms with Crippen molar-refractivity contribution in [1.82, 2.24) is 0 Å². The molecule has 0 aliphatic rings. The van der Waals surface area contributed by atoms with Crippen molar-refractivity contribution in [2.45, 2.75) is 39.0 Å². The fraction of sp³-hybridized carbons (Fsp3) is 1.00. The molecule has 0 aromatic carbocycles. The summed E-state index contributed by atoms with van der Waals surface area (Å²) >= 11 is 3.30. The van der Waals surface area contributed by atoms with E-state index in [4.69, 9.17) is 37.9 Å². The SMILES string of the molecule is CCCCCCCOCCOCCOCCOCCOCCOCCOCCOCCBr. The molecule has 0 aliphatic carbocycles. The molecular formula is C23H47BrO8. The van der Waals surface area contributed by atoms with Gasteiger partial charge in [-0.25, -0.2) is 0 Å². The molecule has 0 aromatic rings. The average molecular weight is 532 g/mol. The van der Waals surface area contributed by atoms with Crippen LogP contribution in [-0.4, -0.2) is 111 Å². The first-order valence-electron chi connectivity index (χ1n) is 12.1. The van der Waals surface area contributed by atoms with Crippen molar-refractivity contribution in [2.24, 2.45) is 0 Å². The zero-order valence-electron chi connectivity index (χ0n) is 20.2. The van der Waals surface area contributed by atoms with Gasteiger partial charge in [-0.2, -0.15) is 0 Å². The van der Waals surface area contributed by atoms with E-state index < -0.39 is 0 Å². The van der Waals surface area contributed by atoms with Crippen LogP contribution < -0.4 is 0 Å². The summed E-state index contributed by atoms with van der Waals surface area (Å²) in [5.74, 6) is 0. The van der Waals surface area contributed by atoms with Gasteiger partial charge in [0, 0.05) is 11.9 Å². The third-order valence-corrected chi connectivity index (χ3v) is 4.54. The van der Waals surface area contributed by atoms with Crippen LogP contribution in [-0.2, 0) is 37.9 Å². The minimum Gasteiger partial charge on any atom is -0.379 e. The first kappa shape index (κ1) is 32.2. The number of hydrogen-bond acceptors (Lipinski definition) is 8. The lowest BCUT2D eigenvalue weighted by molar-refractivity contribution is -0.0228. The molecule has 0 saturated heterocycles. The smallest absolute Gasteiger partial charge is 0.0701 e. The predicted molar refractivity (Wildman–Crippen MR) is 129 cm³/mol. The van der Waals surface area contributed by atoms with Crippen LogP contribution in [0.3, 0.4) is 0 Å². The second-order valence-electron chi connectivity index (χ2n) is 7.00. The molecule has 0 bridgehead atoms. The molecule has 0 amide bonds. The van der Waals surface area contributed by atoms with E-state index in [0.717, 1.165) is 18.4 Å². The standard InChI is InChI=1S/C23H47BrO8/c1-2-3-4-5-6-8-25-10-12-27-14-16-29-18-20-31-22-23-32-21-19-30-17-15-28-13-11-26-9-7-24/h2-23H2,1H3. The Balaban J connectivity index is 2.98. The molecule has 0 aromatic heterocycles. The number of rotatable bonds is 29. The largest absolute Gasteiger partial charge is 0.379 e. The molecule has 0 heterocycles. The molecule has 0 radical (unpaired) electrons. The molecule has 0 N–H and O–H groups in total. The summed E-state index contributed by atoms with van der Waals surface area (Å²) in [6.45, 7) is 11.8. The molecule has 0 spiro atoms. The van der Waals surface area contributed by atoms with Crippen LogP contribution in [0.15, 0.2) is 0 Å². The topological polar surface area (TPSA) is 73.8 Å². The Bertz CT molecular complexity index is 296. The summed E-state index contributed by atoms with van der Waals surface area (Å²) in [6.07, 6.45) is 6.32. The lowest BCUT2D eigenvalue weighted by atomic mass is 10.2. The monoisotopic (exact) mass is 530 g/mol. The average Bonchev–Trinajstić information content (AvgIpc) is 2.81. The van der Waals surface area contributed by atoms with Gasteiger partial charge in [-0.1, -0.05) is 48.5 Å². The van der Waals surface area contributed by atoms with Gasteiger partial charge in [-0.3, -0.25) is 0 Å². The second-order valence-corrected chi connectivity index (χ2v) is 7.80. The number of halogens is 1. The Morgan fingerprint density at radius 1 is 0.344 bits per heavy atom. The number of unbranched alkanes of at least 4 members (excludes halogenated alkanes) is 4. The van der Waals surface area contributed by atoms with E-state index in [1.54, 1.807) is 0 Å². The Kier molecular flexibility index (Phi) is 31.3. The molecule has 0 aliphatic heterocycles. The van der Waals surface area contributed by atoms with Crippen molar-refractivity contribution < 1.29 is 37.9 Å². The predicted octanol–water partition coefficient (Wildman–Crippen LogP) is 3.48. The Morgan fingerprint density at radius 3 is 0.938 bits per heavy atom. The van der Waals surface area contributed by atoms with E-state index in [1.807, 2.05) is 0 Å². The highest BCUT2D eigenvalue weighted by molar-refractivity contribution is 9.09. The highest BCUT2D eigenvalue weighted by Gasteiger charge is 1.95. The highest BCUT2D eigenvalue weighted by atomic mass is 79.9. The van der Waals surface area contributed by atoms with Gasteiger partial charge < -0.3 is 37.9 Å². The molecule has 8 nitrogen and oxygen atoms in total. The van der Waals surface area contributed by atoms with E-state index in [-0.39, 0.29) is 0 Å². The maximum atomic E-state index is 5.54. The van der Waals surface area contributed by atoms with Crippen molar-refractivity contribution in [3.63, 3.8) is 0 Å². The summed E-state index contributed by atoms with van der Waals surface area (Å²) in [4.78, 5) is 0. The van der Waals surface area contributed by atoms with Gasteiger partial charge in [0.1, 0.15) is 0 Å². The van der Waals surface area contributed by atoms with E-state index in [1.165, 1.54) is 25.7 Å². The summed E-state index contributed by atoms with van der Waals surface area (Å²) in [6, 6.07) is 0. The van der Waals surface area contributed by atoms with Crippen LogP contribution in [0.5, 0.6) is 0 Å². The minimum absolute atomic E-state index is 0.548. The normalized spacial score (nSPS) is 11.4. The number of alkyl halides is 1. The Labute approximate surface area is 204 Å². The van der Waals surface area contributed by atoms with Crippen LogP contribution in [0.25, 0.3) is 0 Å². The first-order valence-corrected chi connectivity index (χ1v) is 13.2. The molecule has 194 valence electrons. The zero-order valence-corrected chi connectivity index (χ0v) is 21.8. The quantitative estimate of drug-likeness (QED) is 0.107. The first-order chi connectivity index (χ1) is 15.9. The van der Waals surface area contributed by atoms with Gasteiger partial charge in [0.25, 0.3) is 0 Å². The maximum absolute atomic E-state index is 5.54. The molecule has 32 heavy (non-hydrogen) atoms. The third-order valence-electron chi connectivity index (χ3n) is 4.22. The summed E-state index contributed by atoms with van der Waals surface area (Å²) in [7, 11) is 0. The van der Waals surface area contributed by atoms with Gasteiger partial charge in [0.15, 0.2) is 0 Å². The minimum atomic E-state index is 0.548. The van der Waals surface area contributed by atoms with Crippen LogP contribution in [0.2, 0.25) is 0 Å². The van der Waals surface area contributed by atoms with E-state index in [2.05, 4.69) is 22.9 Å². The molecule has 0 saturated carbocycles. The van der Waals surface area contributed by atoms with Crippen molar-refractivity contribution in [3.05, 3.63) is 0 Å². The van der Waals surface area contributed by atoms with E-state index in [9.17, 15) is 0 Å². The lowest BCUT2D eigenvalue weighted by Gasteiger charge is -2.08. The van der Waals surface area contributed by atoms with Gasteiger partial charge >= 0.3 is 0 Å². The molecule has 0 rings (SSSR count). The van der Waals surface area contributed by atoms with Gasteiger partial charge in [0.2, 0.25) is 0 Å². The van der Waals surface area contributed by atoms with Crippen LogP contribution in [0.4, 0.5) is 0 Å². The molecule has 0 atom stereocenters. The molecule has 0 fully saturated rings. The third kappa shape index (κ3) is 30.2. The fourth-order valence-corrected chi connectivity index (χ4v) is 2.73. The van der Waals surface area contributed by atoms with Crippen molar-refractivity contribution in [1.29, 1.82) is 0 Å². The molecule has 0 unspecified atom stereocenters. The van der Waals surface area contributed by atoms with Crippen molar-refractivity contribution in [3.8, 4) is 0 Å². The van der Waals surface area contributed by atoms with Crippen LogP contribution in [0.1, 0.15) is 39.0 Å². The van der Waals surface area contributed by atoms with Crippen molar-refractivity contribution >= 4 is 15.9 Å². The lowest BCUT2D eigenvalue weighted by Crippen LogP contribution is -2.15. The second kappa shape index (κ2) is 31.2. The Hall–Kier alpha value is 0.160. The van der Waals surface area contributed by atoms with E-state index in [0.29, 0.717) is 99.1 Å². The number of hydrogen-bond donors (Lipinski definition) is 0. The van der Waals surface area contributed by atoms with Gasteiger partial charge in [0.05, 0.1) is 99.1 Å². The van der Waals surface area contributed by atoms with Gasteiger partial charge in [-0.05, 0) is 6.42 Å². The van der Waals surface area contributed by atoms with E-state index >= 15 is 0 Å².